The monoisotopic (exact) mass is 292 g/mol. The number of hydrogen-bond acceptors (Lipinski definition) is 4. The van der Waals surface area contributed by atoms with Gasteiger partial charge in [-0.1, -0.05) is 0 Å². The minimum atomic E-state index is 0.0171. The number of rotatable bonds is 2. The molecule has 0 aromatic carbocycles. The van der Waals surface area contributed by atoms with Crippen molar-refractivity contribution in [2.75, 3.05) is 19.6 Å². The Balaban J connectivity index is 1.73. The predicted octanol–water partition coefficient (Wildman–Crippen LogP) is 0.595. The number of nitrogens with zero attached hydrogens (tertiary/aromatic N) is 3. The Morgan fingerprint density at radius 2 is 2.35 bits per heavy atom. The van der Waals surface area contributed by atoms with E-state index >= 15 is 0 Å². The molecule has 2 amide bonds. The lowest BCUT2D eigenvalue weighted by molar-refractivity contribution is -0.130. The Morgan fingerprint density at radius 3 is 3.20 bits per heavy atom. The normalized spacial score (nSPS) is 16.2. The number of aromatic nitrogens is 2. The highest BCUT2D eigenvalue weighted by Crippen LogP contribution is 2.17. The molecule has 0 radical (unpaired) electrons. The lowest BCUT2D eigenvalue weighted by atomic mass is 10.2. The molecule has 3 heterocycles. The van der Waals surface area contributed by atoms with E-state index in [0.29, 0.717) is 32.5 Å². The van der Waals surface area contributed by atoms with Crippen molar-refractivity contribution < 1.29 is 9.59 Å². The Labute approximate surface area is 120 Å². The molecule has 3 rings (SSSR count). The van der Waals surface area contributed by atoms with Crippen molar-refractivity contribution in [1.82, 2.24) is 19.6 Å². The third-order valence-corrected chi connectivity index (χ3v) is 4.29. The van der Waals surface area contributed by atoms with E-state index in [1.165, 1.54) is 0 Å². The average Bonchev–Trinajstić information content (AvgIpc) is 2.85. The largest absolute Gasteiger partial charge is 0.354 e. The second kappa shape index (κ2) is 5.24. The number of thiazole rings is 1. The molecule has 1 aliphatic rings. The van der Waals surface area contributed by atoms with Crippen molar-refractivity contribution in [3.8, 4) is 0 Å². The fraction of sp³-hybridized carbons (Fsp3) is 0.462. The zero-order chi connectivity index (χ0) is 14.1. The molecule has 0 spiro atoms. The van der Waals surface area contributed by atoms with Crippen LogP contribution in [0.5, 0.6) is 0 Å². The van der Waals surface area contributed by atoms with Gasteiger partial charge in [0.15, 0.2) is 4.96 Å². The molecule has 0 aliphatic carbocycles. The van der Waals surface area contributed by atoms with Crippen LogP contribution in [-0.2, 0) is 16.0 Å². The Hall–Kier alpha value is -1.89. The van der Waals surface area contributed by atoms with Crippen molar-refractivity contribution in [1.29, 1.82) is 0 Å². The summed E-state index contributed by atoms with van der Waals surface area (Å²) in [6, 6.07) is 0. The van der Waals surface area contributed by atoms with Crippen LogP contribution in [0, 0.1) is 6.92 Å². The first kappa shape index (κ1) is 13.1. The zero-order valence-electron chi connectivity index (χ0n) is 11.3. The molecule has 6 nitrogen and oxygen atoms in total. The van der Waals surface area contributed by atoms with Crippen LogP contribution in [0.25, 0.3) is 4.96 Å². The minimum Gasteiger partial charge on any atom is -0.354 e. The third-order valence-electron chi connectivity index (χ3n) is 3.40. The summed E-state index contributed by atoms with van der Waals surface area (Å²) in [7, 11) is 0. The van der Waals surface area contributed by atoms with E-state index in [1.54, 1.807) is 16.2 Å². The molecule has 2 aromatic rings. The maximum absolute atomic E-state index is 12.3. The molecule has 0 atom stereocenters. The molecule has 0 bridgehead atoms. The molecule has 2 aromatic heterocycles. The van der Waals surface area contributed by atoms with Crippen molar-refractivity contribution in [2.24, 2.45) is 0 Å². The van der Waals surface area contributed by atoms with Crippen LogP contribution in [0.2, 0.25) is 0 Å². The van der Waals surface area contributed by atoms with E-state index in [2.05, 4.69) is 10.3 Å². The molecule has 1 N–H and O–H groups in total. The van der Waals surface area contributed by atoms with Crippen molar-refractivity contribution in [2.45, 2.75) is 19.8 Å². The maximum atomic E-state index is 12.3. The fourth-order valence-corrected chi connectivity index (χ4v) is 3.27. The highest BCUT2D eigenvalue weighted by Gasteiger charge is 2.20. The Bertz CT molecular complexity index is 660. The number of aryl methyl sites for hydroxylation is 1. The highest BCUT2D eigenvalue weighted by molar-refractivity contribution is 7.15. The molecule has 1 aliphatic heterocycles. The lowest BCUT2D eigenvalue weighted by Crippen LogP contribution is -2.35. The number of fused-ring (bicyclic) bond motifs is 1. The molecule has 7 heteroatoms. The van der Waals surface area contributed by atoms with Gasteiger partial charge in [-0.15, -0.1) is 11.3 Å². The molecule has 20 heavy (non-hydrogen) atoms. The molecular weight excluding hydrogens is 276 g/mol. The van der Waals surface area contributed by atoms with Crippen LogP contribution in [-0.4, -0.2) is 45.7 Å². The van der Waals surface area contributed by atoms with Gasteiger partial charge in [-0.25, -0.2) is 4.98 Å². The van der Waals surface area contributed by atoms with Gasteiger partial charge in [0, 0.05) is 43.3 Å². The Kier molecular flexibility index (Phi) is 3.43. The van der Waals surface area contributed by atoms with E-state index in [1.807, 2.05) is 22.9 Å². The first-order chi connectivity index (χ1) is 9.63. The van der Waals surface area contributed by atoms with Crippen LogP contribution in [0.15, 0.2) is 11.6 Å². The van der Waals surface area contributed by atoms with Crippen LogP contribution in [0.1, 0.15) is 17.8 Å². The predicted molar refractivity (Wildman–Crippen MR) is 75.7 cm³/mol. The standard InChI is InChI=1S/C13H16N4O2S/c1-9-7-17-10(8-20-13(17)15-9)6-12(19)16-4-2-11(18)14-3-5-16/h7-8H,2-6H2,1H3,(H,14,18). The summed E-state index contributed by atoms with van der Waals surface area (Å²) in [6.45, 7) is 3.56. The van der Waals surface area contributed by atoms with E-state index < -0.39 is 0 Å². The smallest absolute Gasteiger partial charge is 0.228 e. The summed E-state index contributed by atoms with van der Waals surface area (Å²) in [5.41, 5.74) is 1.91. The first-order valence-electron chi connectivity index (χ1n) is 6.60. The van der Waals surface area contributed by atoms with Crippen molar-refractivity contribution in [3.63, 3.8) is 0 Å². The van der Waals surface area contributed by atoms with Gasteiger partial charge in [-0.3, -0.25) is 14.0 Å². The number of nitrogens with one attached hydrogen (secondary N) is 1. The van der Waals surface area contributed by atoms with Crippen molar-refractivity contribution >= 4 is 28.1 Å². The summed E-state index contributed by atoms with van der Waals surface area (Å²) in [6.07, 6.45) is 2.68. The maximum Gasteiger partial charge on any atom is 0.228 e. The van der Waals surface area contributed by atoms with Crippen molar-refractivity contribution in [3.05, 3.63) is 23.0 Å². The molecule has 0 saturated carbocycles. The van der Waals surface area contributed by atoms with Crippen LogP contribution in [0.4, 0.5) is 0 Å². The number of imidazole rings is 1. The van der Waals surface area contributed by atoms with Gasteiger partial charge in [-0.2, -0.15) is 0 Å². The number of carbonyl (C=O) groups excluding carboxylic acids is 2. The van der Waals surface area contributed by atoms with Gasteiger partial charge >= 0.3 is 0 Å². The molecular formula is C13H16N4O2S. The summed E-state index contributed by atoms with van der Waals surface area (Å²) < 4.78 is 1.97. The van der Waals surface area contributed by atoms with Gasteiger partial charge in [0.05, 0.1) is 12.1 Å². The summed E-state index contributed by atoms with van der Waals surface area (Å²) in [4.78, 5) is 30.7. The number of amides is 2. The molecule has 106 valence electrons. The molecule has 1 fully saturated rings. The van der Waals surface area contributed by atoms with Crippen LogP contribution < -0.4 is 5.32 Å². The van der Waals surface area contributed by atoms with Crippen LogP contribution >= 0.6 is 11.3 Å². The van der Waals surface area contributed by atoms with Crippen LogP contribution in [0.3, 0.4) is 0 Å². The second-order valence-electron chi connectivity index (χ2n) is 4.92. The highest BCUT2D eigenvalue weighted by atomic mass is 32.1. The zero-order valence-corrected chi connectivity index (χ0v) is 12.1. The van der Waals surface area contributed by atoms with E-state index in [0.717, 1.165) is 16.3 Å². The van der Waals surface area contributed by atoms with E-state index in [-0.39, 0.29) is 11.8 Å². The minimum absolute atomic E-state index is 0.0171. The molecule has 0 unspecified atom stereocenters. The quantitative estimate of drug-likeness (QED) is 0.881. The van der Waals surface area contributed by atoms with Gasteiger partial charge in [0.25, 0.3) is 0 Å². The lowest BCUT2D eigenvalue weighted by Gasteiger charge is -2.19. The summed E-state index contributed by atoms with van der Waals surface area (Å²) >= 11 is 1.54. The second-order valence-corrected chi connectivity index (χ2v) is 5.76. The average molecular weight is 292 g/mol. The van der Waals surface area contributed by atoms with Gasteiger partial charge < -0.3 is 10.2 Å². The summed E-state index contributed by atoms with van der Waals surface area (Å²) in [5.74, 6) is 0.0796. The van der Waals surface area contributed by atoms with Gasteiger partial charge in [0.1, 0.15) is 0 Å². The number of carbonyl (C=O) groups is 2. The topological polar surface area (TPSA) is 66.7 Å². The van der Waals surface area contributed by atoms with Gasteiger partial charge in [0.2, 0.25) is 11.8 Å². The number of hydrogen-bond donors (Lipinski definition) is 1. The first-order valence-corrected chi connectivity index (χ1v) is 7.48. The summed E-state index contributed by atoms with van der Waals surface area (Å²) in [5, 5.41) is 4.75. The van der Waals surface area contributed by atoms with Gasteiger partial charge in [-0.05, 0) is 6.92 Å². The van der Waals surface area contributed by atoms with E-state index in [4.69, 9.17) is 0 Å². The van der Waals surface area contributed by atoms with E-state index in [9.17, 15) is 9.59 Å². The SMILES string of the molecule is Cc1cn2c(CC(=O)N3CCNC(=O)CC3)csc2n1. The third kappa shape index (κ3) is 2.53. The molecule has 1 saturated heterocycles. The Morgan fingerprint density at radius 1 is 1.50 bits per heavy atom. The fourth-order valence-electron chi connectivity index (χ4n) is 2.35.